The third-order valence-electron chi connectivity index (χ3n) is 2.05. The summed E-state index contributed by atoms with van der Waals surface area (Å²) in [5.41, 5.74) is 1.23. The first-order chi connectivity index (χ1) is 7.18. The molecule has 1 rings (SSSR count). The normalized spacial score (nSPS) is 12.1. The van der Waals surface area contributed by atoms with E-state index >= 15 is 0 Å². The van der Waals surface area contributed by atoms with E-state index in [0.717, 1.165) is 6.42 Å². The molecule has 0 radical (unpaired) electrons. The van der Waals surface area contributed by atoms with Gasteiger partial charge in [-0.2, -0.15) is 0 Å². The van der Waals surface area contributed by atoms with Gasteiger partial charge in [-0.15, -0.1) is 11.6 Å². The second-order valence-corrected chi connectivity index (χ2v) is 4.32. The highest BCUT2D eigenvalue weighted by molar-refractivity contribution is 6.21. The molecule has 0 spiro atoms. The molecular weight excluding hydrogens is 210 g/mol. The van der Waals surface area contributed by atoms with Crippen LogP contribution in [0.15, 0.2) is 30.3 Å². The van der Waals surface area contributed by atoms with Crippen LogP contribution in [0.5, 0.6) is 0 Å². The lowest BCUT2D eigenvalue weighted by molar-refractivity contribution is -0.120. The minimum atomic E-state index is -0.0956. The molecule has 1 aromatic carbocycles. The molecule has 0 aliphatic heterocycles. The van der Waals surface area contributed by atoms with Gasteiger partial charge >= 0.3 is 0 Å². The fourth-order valence-electron chi connectivity index (χ4n) is 1.32. The smallest absolute Gasteiger partial charge is 0.221 e. The lowest BCUT2D eigenvalue weighted by atomic mass is 10.1. The van der Waals surface area contributed by atoms with Gasteiger partial charge in [0, 0.05) is 18.3 Å². The molecule has 1 amide bonds. The Hall–Kier alpha value is -1.02. The third kappa shape index (κ3) is 5.43. The van der Waals surface area contributed by atoms with E-state index in [9.17, 15) is 4.79 Å². The molecule has 0 heterocycles. The van der Waals surface area contributed by atoms with Gasteiger partial charge in [0.15, 0.2) is 0 Å². The van der Waals surface area contributed by atoms with E-state index in [1.54, 1.807) is 0 Å². The molecule has 82 valence electrons. The monoisotopic (exact) mass is 225 g/mol. The van der Waals surface area contributed by atoms with Crippen molar-refractivity contribution in [2.75, 3.05) is 6.54 Å². The molecule has 0 aromatic heterocycles. The van der Waals surface area contributed by atoms with Gasteiger partial charge in [0.05, 0.1) is 0 Å². The first-order valence-electron chi connectivity index (χ1n) is 5.13. The Balaban J connectivity index is 2.19. The standard InChI is InChI=1S/C12H16ClNO/c1-10(13)9-12(15)14-8-7-11-5-3-2-4-6-11/h2-6,10H,7-9H2,1H3,(H,14,15). The quantitative estimate of drug-likeness (QED) is 0.766. The van der Waals surface area contributed by atoms with Gasteiger partial charge in [-0.3, -0.25) is 4.79 Å². The molecular formula is C12H16ClNO. The molecule has 1 aromatic rings. The average molecular weight is 226 g/mol. The fourth-order valence-corrected chi connectivity index (χ4v) is 1.46. The second-order valence-electron chi connectivity index (χ2n) is 3.57. The lowest BCUT2D eigenvalue weighted by Gasteiger charge is -2.06. The maximum Gasteiger partial charge on any atom is 0.221 e. The van der Waals surface area contributed by atoms with Gasteiger partial charge in [-0.1, -0.05) is 30.3 Å². The molecule has 0 saturated carbocycles. The van der Waals surface area contributed by atoms with Crippen LogP contribution in [-0.4, -0.2) is 17.8 Å². The molecule has 0 saturated heterocycles. The van der Waals surface area contributed by atoms with Gasteiger partial charge in [0.25, 0.3) is 0 Å². The van der Waals surface area contributed by atoms with Crippen LogP contribution in [0.3, 0.4) is 0 Å². The zero-order chi connectivity index (χ0) is 11.1. The Labute approximate surface area is 95.6 Å². The molecule has 1 unspecified atom stereocenters. The number of nitrogens with one attached hydrogen (secondary N) is 1. The summed E-state index contributed by atoms with van der Waals surface area (Å²) in [6.45, 7) is 2.49. The van der Waals surface area contributed by atoms with Crippen LogP contribution in [0.4, 0.5) is 0 Å². The Morgan fingerprint density at radius 2 is 2.07 bits per heavy atom. The highest BCUT2D eigenvalue weighted by Crippen LogP contribution is 2.00. The van der Waals surface area contributed by atoms with E-state index in [1.807, 2.05) is 25.1 Å². The van der Waals surface area contributed by atoms with Crippen molar-refractivity contribution >= 4 is 17.5 Å². The van der Waals surface area contributed by atoms with Crippen LogP contribution < -0.4 is 5.32 Å². The van der Waals surface area contributed by atoms with E-state index in [0.29, 0.717) is 13.0 Å². The zero-order valence-corrected chi connectivity index (χ0v) is 9.63. The number of amides is 1. The molecule has 2 nitrogen and oxygen atoms in total. The van der Waals surface area contributed by atoms with Gasteiger partial charge in [-0.25, -0.2) is 0 Å². The summed E-state index contributed by atoms with van der Waals surface area (Å²) >= 11 is 5.71. The predicted octanol–water partition coefficient (Wildman–Crippen LogP) is 2.36. The van der Waals surface area contributed by atoms with Crippen LogP contribution in [0.25, 0.3) is 0 Å². The zero-order valence-electron chi connectivity index (χ0n) is 8.87. The summed E-state index contributed by atoms with van der Waals surface area (Å²) < 4.78 is 0. The van der Waals surface area contributed by atoms with Crippen LogP contribution in [0.1, 0.15) is 18.9 Å². The van der Waals surface area contributed by atoms with Crippen molar-refractivity contribution in [2.24, 2.45) is 0 Å². The van der Waals surface area contributed by atoms with Crippen molar-refractivity contribution in [1.82, 2.24) is 5.32 Å². The molecule has 1 atom stereocenters. The van der Waals surface area contributed by atoms with E-state index in [4.69, 9.17) is 11.6 Å². The number of carbonyl (C=O) groups is 1. The van der Waals surface area contributed by atoms with Gasteiger partial charge in [0.2, 0.25) is 5.91 Å². The first-order valence-corrected chi connectivity index (χ1v) is 5.57. The average Bonchev–Trinajstić information content (AvgIpc) is 2.18. The summed E-state index contributed by atoms with van der Waals surface area (Å²) in [6.07, 6.45) is 1.25. The van der Waals surface area contributed by atoms with Crippen molar-refractivity contribution in [2.45, 2.75) is 25.1 Å². The highest BCUT2D eigenvalue weighted by Gasteiger charge is 2.04. The maximum atomic E-state index is 11.2. The minimum absolute atomic E-state index is 0.0217. The number of hydrogen-bond acceptors (Lipinski definition) is 1. The van der Waals surface area contributed by atoms with Crippen LogP contribution in [-0.2, 0) is 11.2 Å². The van der Waals surface area contributed by atoms with Crippen LogP contribution in [0, 0.1) is 0 Å². The maximum absolute atomic E-state index is 11.2. The summed E-state index contributed by atoms with van der Waals surface area (Å²) in [6, 6.07) is 10.1. The summed E-state index contributed by atoms with van der Waals surface area (Å²) in [5.74, 6) is 0.0217. The van der Waals surface area contributed by atoms with Crippen molar-refractivity contribution in [3.63, 3.8) is 0 Å². The lowest BCUT2D eigenvalue weighted by Crippen LogP contribution is -2.27. The van der Waals surface area contributed by atoms with E-state index < -0.39 is 0 Å². The topological polar surface area (TPSA) is 29.1 Å². The predicted molar refractivity (Wildman–Crippen MR) is 63.1 cm³/mol. The largest absolute Gasteiger partial charge is 0.356 e. The number of carbonyl (C=O) groups excluding carboxylic acids is 1. The molecule has 15 heavy (non-hydrogen) atoms. The number of alkyl halides is 1. The summed E-state index contributed by atoms with van der Waals surface area (Å²) in [5, 5.41) is 2.74. The van der Waals surface area contributed by atoms with Gasteiger partial charge in [-0.05, 0) is 18.9 Å². The Morgan fingerprint density at radius 1 is 1.40 bits per heavy atom. The van der Waals surface area contributed by atoms with E-state index in [1.165, 1.54) is 5.56 Å². The number of hydrogen-bond donors (Lipinski definition) is 1. The Kier molecular flexibility index (Phi) is 5.19. The molecule has 0 aliphatic rings. The molecule has 1 N–H and O–H groups in total. The van der Waals surface area contributed by atoms with Crippen LogP contribution >= 0.6 is 11.6 Å². The number of benzene rings is 1. The van der Waals surface area contributed by atoms with Gasteiger partial charge < -0.3 is 5.32 Å². The van der Waals surface area contributed by atoms with E-state index in [2.05, 4.69) is 17.4 Å². The Morgan fingerprint density at radius 3 is 2.67 bits per heavy atom. The van der Waals surface area contributed by atoms with Crippen molar-refractivity contribution in [3.05, 3.63) is 35.9 Å². The molecule has 0 aliphatic carbocycles. The van der Waals surface area contributed by atoms with E-state index in [-0.39, 0.29) is 11.3 Å². The third-order valence-corrected chi connectivity index (χ3v) is 2.20. The summed E-state index contributed by atoms with van der Waals surface area (Å²) in [7, 11) is 0. The minimum Gasteiger partial charge on any atom is -0.356 e. The second kappa shape index (κ2) is 6.46. The first kappa shape index (κ1) is 12.1. The molecule has 0 fully saturated rings. The molecule has 3 heteroatoms. The SMILES string of the molecule is CC(Cl)CC(=O)NCCc1ccccc1. The number of rotatable bonds is 5. The summed E-state index contributed by atoms with van der Waals surface area (Å²) in [4.78, 5) is 11.2. The van der Waals surface area contributed by atoms with Crippen molar-refractivity contribution in [1.29, 1.82) is 0 Å². The molecule has 0 bridgehead atoms. The Bertz CT molecular complexity index is 298. The fraction of sp³-hybridized carbons (Fsp3) is 0.417. The highest BCUT2D eigenvalue weighted by atomic mass is 35.5. The van der Waals surface area contributed by atoms with Crippen molar-refractivity contribution in [3.8, 4) is 0 Å². The van der Waals surface area contributed by atoms with Crippen LogP contribution in [0.2, 0.25) is 0 Å². The van der Waals surface area contributed by atoms with Gasteiger partial charge in [0.1, 0.15) is 0 Å². The number of halogens is 1. The van der Waals surface area contributed by atoms with Crippen molar-refractivity contribution < 1.29 is 4.79 Å².